The summed E-state index contributed by atoms with van der Waals surface area (Å²) in [5, 5.41) is 61.9. The number of piperidine rings is 1. The van der Waals surface area contributed by atoms with Gasteiger partial charge in [0, 0.05) is 56.8 Å². The van der Waals surface area contributed by atoms with Gasteiger partial charge in [-0.15, -0.1) is 0 Å². The molecule has 3 saturated heterocycles. The Kier molecular flexibility index (Phi) is 18.9. The molecule has 2 aliphatic carbocycles. The predicted octanol–water partition coefficient (Wildman–Crippen LogP) is 6.57. The van der Waals surface area contributed by atoms with Gasteiger partial charge in [-0.25, -0.2) is 4.79 Å². The summed E-state index contributed by atoms with van der Waals surface area (Å²) >= 11 is 0. The highest BCUT2D eigenvalue weighted by Crippen LogP contribution is 2.47. The van der Waals surface area contributed by atoms with Crippen LogP contribution in [0.3, 0.4) is 0 Å². The lowest BCUT2D eigenvalue weighted by Crippen LogP contribution is -2.65. The van der Waals surface area contributed by atoms with Gasteiger partial charge >= 0.3 is 5.97 Å². The van der Waals surface area contributed by atoms with Gasteiger partial charge in [-0.05, 0) is 126 Å². The van der Waals surface area contributed by atoms with Gasteiger partial charge in [0.25, 0.3) is 11.7 Å². The Bertz CT molecular complexity index is 2150. The number of hydrogen-bond acceptors (Lipinski definition) is 13. The Morgan fingerprint density at radius 1 is 0.806 bits per heavy atom. The van der Waals surface area contributed by atoms with Gasteiger partial charge in [-0.1, -0.05) is 93.5 Å². The third-order valence-corrected chi connectivity index (χ3v) is 17.8. The largest absolute Gasteiger partial charge is 0.460 e. The van der Waals surface area contributed by atoms with E-state index in [0.717, 1.165) is 12.0 Å². The molecule has 0 aromatic rings. The number of ether oxygens (including phenoxy) is 4. The maximum atomic E-state index is 14.8. The number of allylic oxidation sites excluding steroid dienone is 8. The van der Waals surface area contributed by atoms with Crippen LogP contribution in [0.25, 0.3) is 0 Å². The molecule has 0 spiro atoms. The predicted molar refractivity (Wildman–Crippen MR) is 274 cm³/mol. The molecule has 0 radical (unpaired) electrons. The zero-order valence-corrected chi connectivity index (χ0v) is 44.3. The SMILES string of the molecule is CO[C@H]1[C@@H](O)[C@H](C)C[C@H](C)/C=C/C=C/C=C(\C)[C@@H](C2=CNC3C(C)=CC=CC23)C[C@@H]2CC[C@@H](C)[C@@](O)(O2)C(=O)C(=O)N2CCCC3[C@H]2C(=O)O[C@@H](C[C@H](O)[C@H](C)/C=C(\C)[C@H]1O)[C@H]3C[C@@H]1CC[C@@H](O)[C@H](OC)C1. The van der Waals surface area contributed by atoms with Crippen molar-refractivity contribution in [3.63, 3.8) is 0 Å². The highest BCUT2D eigenvalue weighted by atomic mass is 16.6. The molecule has 6 N–H and O–H groups in total. The molecule has 8 aliphatic rings. The van der Waals surface area contributed by atoms with Crippen molar-refractivity contribution in [3.05, 3.63) is 83.2 Å². The average Bonchev–Trinajstić information content (AvgIpc) is 3.79. The number of methoxy groups -OCH3 is 2. The fourth-order valence-corrected chi connectivity index (χ4v) is 13.4. The van der Waals surface area contributed by atoms with Crippen LogP contribution in [0, 0.1) is 53.3 Å². The van der Waals surface area contributed by atoms with Crippen molar-refractivity contribution in [2.24, 2.45) is 53.3 Å². The summed E-state index contributed by atoms with van der Waals surface area (Å²) in [6, 6.07) is -0.982. The van der Waals surface area contributed by atoms with E-state index in [1.54, 1.807) is 27.0 Å². The lowest BCUT2D eigenvalue weighted by atomic mass is 9.67. The Balaban J connectivity index is 1.23. The maximum Gasteiger partial charge on any atom is 0.329 e. The fourth-order valence-electron chi connectivity index (χ4n) is 13.4. The molecule has 400 valence electrons. The summed E-state index contributed by atoms with van der Waals surface area (Å²) in [7, 11) is 3.06. The molecule has 14 nitrogen and oxygen atoms in total. The zero-order valence-electron chi connectivity index (χ0n) is 44.3. The second kappa shape index (κ2) is 24.3. The van der Waals surface area contributed by atoms with Crippen LogP contribution in [0.5, 0.6) is 0 Å². The minimum atomic E-state index is -2.43. The van der Waals surface area contributed by atoms with Gasteiger partial charge < -0.3 is 54.7 Å². The van der Waals surface area contributed by atoms with Crippen molar-refractivity contribution in [2.75, 3.05) is 20.8 Å². The molecule has 6 bridgehead atoms. The molecule has 14 heteroatoms. The molecule has 0 aromatic heterocycles. The molecule has 20 atom stereocenters. The molecule has 1 amide bonds. The molecule has 4 fully saturated rings. The molecular weight excluding hydrogens is 917 g/mol. The third kappa shape index (κ3) is 12.2. The number of aliphatic hydroxyl groups excluding tert-OH is 4. The van der Waals surface area contributed by atoms with Crippen LogP contribution >= 0.6 is 0 Å². The number of hydrogen-bond donors (Lipinski definition) is 6. The van der Waals surface area contributed by atoms with E-state index in [1.807, 2.05) is 32.1 Å². The summed E-state index contributed by atoms with van der Waals surface area (Å²) in [5.41, 5.74) is 3.98. The third-order valence-electron chi connectivity index (χ3n) is 17.8. The van der Waals surface area contributed by atoms with Crippen LogP contribution in [0.1, 0.15) is 119 Å². The van der Waals surface area contributed by atoms with Crippen LogP contribution < -0.4 is 5.32 Å². The second-order valence-corrected chi connectivity index (χ2v) is 22.9. The lowest BCUT2D eigenvalue weighted by Gasteiger charge is -2.50. The van der Waals surface area contributed by atoms with Gasteiger partial charge in [0.2, 0.25) is 5.79 Å². The lowest BCUT2D eigenvalue weighted by molar-refractivity contribution is -0.264. The van der Waals surface area contributed by atoms with Gasteiger partial charge in [0.05, 0.1) is 36.6 Å². The van der Waals surface area contributed by atoms with E-state index >= 15 is 0 Å². The van der Waals surface area contributed by atoms with E-state index < -0.39 is 90.0 Å². The molecule has 1 saturated carbocycles. The van der Waals surface area contributed by atoms with E-state index in [9.17, 15) is 39.9 Å². The summed E-state index contributed by atoms with van der Waals surface area (Å²) in [6.07, 6.45) is 19.7. The number of ketones is 1. The minimum absolute atomic E-state index is 0.0771. The number of carbonyl (C=O) groups is 3. The van der Waals surface area contributed by atoms with Gasteiger partial charge in [-0.3, -0.25) is 9.59 Å². The van der Waals surface area contributed by atoms with Crippen molar-refractivity contribution in [2.45, 2.75) is 186 Å². The van der Waals surface area contributed by atoms with Crippen molar-refractivity contribution in [1.82, 2.24) is 10.2 Å². The molecule has 3 unspecified atom stereocenters. The van der Waals surface area contributed by atoms with Crippen molar-refractivity contribution >= 4 is 17.7 Å². The standard InChI is InChI=1S/C58H86N2O12/c1-32-15-11-10-12-16-33(2)43(45-31-59-50-34(3)17-13-18-41(45)50)29-40-22-20-38(7)58(68,72-40)55(65)56(66)60-24-14-19-42-44(27-39-21-23-46(61)49(28-39)69-8)48(71-57(67)51(42)60)30-47(62)35(4)26-37(6)53(64)54(70-9)52(63)36(5)25-32/h10-13,15-18,26,31-32,35-36,38-44,46-54,59,61-64,68H,14,19-25,27-30H2,1-9H3/b12-10+,15-11+,33-16+,37-26+/t32-,35-,36-,38-,39+,40+,41?,42?,43+,44+,46-,47+,48+,49-,50?,51+,52+,53-,54+,58-/m1/s1. The van der Waals surface area contributed by atoms with E-state index in [2.05, 4.69) is 62.7 Å². The molecule has 6 heterocycles. The summed E-state index contributed by atoms with van der Waals surface area (Å²) in [5.74, 6) is -7.19. The van der Waals surface area contributed by atoms with Gasteiger partial charge in [-0.2, -0.15) is 0 Å². The number of nitrogens with one attached hydrogen (secondary N) is 1. The summed E-state index contributed by atoms with van der Waals surface area (Å²) in [4.78, 5) is 45.3. The highest BCUT2D eigenvalue weighted by molar-refractivity contribution is 6.39. The van der Waals surface area contributed by atoms with Crippen LogP contribution in [-0.2, 0) is 33.3 Å². The number of carbonyl (C=O) groups excluding carboxylic acids is 3. The Morgan fingerprint density at radius 3 is 2.29 bits per heavy atom. The van der Waals surface area contributed by atoms with Crippen LogP contribution in [0.15, 0.2) is 83.2 Å². The van der Waals surface area contributed by atoms with E-state index in [4.69, 9.17) is 18.9 Å². The molecule has 8 rings (SSSR count). The summed E-state index contributed by atoms with van der Waals surface area (Å²) in [6.45, 7) is 13.7. The Labute approximate surface area is 428 Å². The van der Waals surface area contributed by atoms with Crippen molar-refractivity contribution in [1.29, 1.82) is 0 Å². The average molecular weight is 1000 g/mol. The smallest absolute Gasteiger partial charge is 0.329 e. The topological polar surface area (TPSA) is 205 Å². The van der Waals surface area contributed by atoms with Crippen LogP contribution in [0.2, 0.25) is 0 Å². The molecular formula is C58H86N2O12. The summed E-state index contributed by atoms with van der Waals surface area (Å²) < 4.78 is 24.3. The van der Waals surface area contributed by atoms with Crippen molar-refractivity contribution < 1.29 is 58.9 Å². The quantitative estimate of drug-likeness (QED) is 0.0981. The van der Waals surface area contributed by atoms with E-state index in [1.165, 1.54) is 23.2 Å². The Hall–Kier alpha value is -3.73. The number of amides is 1. The van der Waals surface area contributed by atoms with E-state index in [-0.39, 0.29) is 60.6 Å². The number of rotatable bonds is 5. The number of fused-ring (bicyclic) bond motifs is 17. The fraction of sp³-hybridized carbons (Fsp3) is 0.707. The van der Waals surface area contributed by atoms with E-state index in [0.29, 0.717) is 63.4 Å². The van der Waals surface area contributed by atoms with Crippen LogP contribution in [-0.4, -0.2) is 136 Å². The second-order valence-electron chi connectivity index (χ2n) is 22.9. The highest BCUT2D eigenvalue weighted by Gasteiger charge is 2.57. The number of Topliss-reactive ketones (excluding diaryl/α,β-unsaturated/α-hetero) is 1. The minimum Gasteiger partial charge on any atom is -0.460 e. The molecule has 72 heavy (non-hydrogen) atoms. The first-order chi connectivity index (χ1) is 34.3. The first kappa shape index (κ1) is 56.0. The maximum absolute atomic E-state index is 14.8. The molecule has 6 aliphatic heterocycles. The molecule has 0 aromatic carbocycles. The number of esters is 1. The van der Waals surface area contributed by atoms with Gasteiger partial charge in [0.1, 0.15) is 24.4 Å². The number of aliphatic hydroxyl groups is 5. The monoisotopic (exact) mass is 1000 g/mol. The number of nitrogens with zero attached hydrogens (tertiary/aromatic N) is 1. The first-order valence-electron chi connectivity index (χ1n) is 27.0. The van der Waals surface area contributed by atoms with Gasteiger partial charge in [0.15, 0.2) is 0 Å². The first-order valence-corrected chi connectivity index (χ1v) is 27.0. The van der Waals surface area contributed by atoms with Crippen LogP contribution in [0.4, 0.5) is 0 Å². The van der Waals surface area contributed by atoms with Crippen molar-refractivity contribution in [3.8, 4) is 0 Å². The normalized spacial score (nSPS) is 45.3. The zero-order chi connectivity index (χ0) is 52.2. The Morgan fingerprint density at radius 2 is 1.56 bits per heavy atom.